The number of nitrogens with one attached hydrogen (secondary N) is 1. The van der Waals surface area contributed by atoms with Gasteiger partial charge in [-0.1, -0.05) is 29.3 Å². The number of hydrogen-bond acceptors (Lipinski definition) is 4. The van der Waals surface area contributed by atoms with E-state index in [0.29, 0.717) is 13.1 Å². The molecule has 1 aromatic carbocycles. The number of hydrogen-bond donors (Lipinski definition) is 1. The first-order chi connectivity index (χ1) is 13.2. The van der Waals surface area contributed by atoms with E-state index in [1.807, 2.05) is 13.8 Å². The summed E-state index contributed by atoms with van der Waals surface area (Å²) in [7, 11) is -3.81. The zero-order chi connectivity index (χ0) is 20.9. The summed E-state index contributed by atoms with van der Waals surface area (Å²) < 4.78 is 26.9. The van der Waals surface area contributed by atoms with Gasteiger partial charge in [-0.2, -0.15) is 4.31 Å². The van der Waals surface area contributed by atoms with Crippen LogP contribution in [0.2, 0.25) is 10.0 Å². The summed E-state index contributed by atoms with van der Waals surface area (Å²) in [5.74, 6) is -0.157. The lowest BCUT2D eigenvalue weighted by atomic mass is 10.4. The van der Waals surface area contributed by atoms with Gasteiger partial charge in [-0.15, -0.1) is 0 Å². The van der Waals surface area contributed by atoms with E-state index >= 15 is 0 Å². The standard InChI is InChI=1S/C17H24Cl2N4O4S/c1-3-21(4-2)15(24)12-20-17(25)22-8-10-23(11-9-22)28(26,27)14-7-5-6-13(18)16(14)19/h5-7H,3-4,8-12H2,1-2H3,(H,20,25). The molecule has 0 saturated carbocycles. The molecule has 0 atom stereocenters. The molecular formula is C17H24Cl2N4O4S. The van der Waals surface area contributed by atoms with Crippen LogP contribution in [0.3, 0.4) is 0 Å². The van der Waals surface area contributed by atoms with Gasteiger partial charge in [-0.05, 0) is 26.0 Å². The maximum absolute atomic E-state index is 12.8. The van der Waals surface area contributed by atoms with Crippen molar-refractivity contribution in [3.05, 3.63) is 28.2 Å². The molecular weight excluding hydrogens is 427 g/mol. The highest BCUT2D eigenvalue weighted by Crippen LogP contribution is 2.31. The van der Waals surface area contributed by atoms with Crippen LogP contribution in [0, 0.1) is 0 Å². The number of benzene rings is 1. The molecule has 1 saturated heterocycles. The van der Waals surface area contributed by atoms with Gasteiger partial charge in [0.2, 0.25) is 15.9 Å². The Morgan fingerprint density at radius 3 is 2.29 bits per heavy atom. The van der Waals surface area contributed by atoms with Crippen LogP contribution in [0.1, 0.15) is 13.8 Å². The van der Waals surface area contributed by atoms with Crippen molar-refractivity contribution in [3.63, 3.8) is 0 Å². The molecule has 0 spiro atoms. The van der Waals surface area contributed by atoms with Crippen LogP contribution in [0.4, 0.5) is 4.79 Å². The first-order valence-corrected chi connectivity index (χ1v) is 11.2. The summed E-state index contributed by atoms with van der Waals surface area (Å²) >= 11 is 12.0. The van der Waals surface area contributed by atoms with E-state index in [2.05, 4.69) is 5.32 Å². The molecule has 8 nitrogen and oxygen atoms in total. The Bertz CT molecular complexity index is 822. The van der Waals surface area contributed by atoms with Crippen LogP contribution < -0.4 is 5.32 Å². The number of rotatable bonds is 6. The average Bonchev–Trinajstić information content (AvgIpc) is 2.69. The minimum Gasteiger partial charge on any atom is -0.342 e. The quantitative estimate of drug-likeness (QED) is 0.715. The highest BCUT2D eigenvalue weighted by molar-refractivity contribution is 7.89. The predicted molar refractivity (Wildman–Crippen MR) is 108 cm³/mol. The fraction of sp³-hybridized carbons (Fsp3) is 0.529. The second-order valence-corrected chi connectivity index (χ2v) is 8.86. The Hall–Kier alpha value is -1.55. The van der Waals surface area contributed by atoms with Gasteiger partial charge in [0, 0.05) is 39.3 Å². The largest absolute Gasteiger partial charge is 0.342 e. The zero-order valence-corrected chi connectivity index (χ0v) is 18.1. The molecule has 3 amide bonds. The zero-order valence-electron chi connectivity index (χ0n) is 15.8. The molecule has 28 heavy (non-hydrogen) atoms. The number of carbonyl (C=O) groups is 2. The molecule has 156 valence electrons. The Kier molecular flexibility index (Phi) is 7.94. The van der Waals surface area contributed by atoms with Gasteiger partial charge in [0.15, 0.2) is 0 Å². The van der Waals surface area contributed by atoms with Crippen LogP contribution in [0.15, 0.2) is 23.1 Å². The summed E-state index contributed by atoms with van der Waals surface area (Å²) in [4.78, 5) is 27.3. The van der Waals surface area contributed by atoms with Crippen molar-refractivity contribution >= 4 is 45.2 Å². The van der Waals surface area contributed by atoms with Crippen LogP contribution in [-0.2, 0) is 14.8 Å². The third-order valence-electron chi connectivity index (χ3n) is 4.57. The van der Waals surface area contributed by atoms with E-state index in [9.17, 15) is 18.0 Å². The van der Waals surface area contributed by atoms with Crippen molar-refractivity contribution < 1.29 is 18.0 Å². The van der Waals surface area contributed by atoms with Gasteiger partial charge in [0.1, 0.15) is 4.90 Å². The molecule has 0 unspecified atom stereocenters. The van der Waals surface area contributed by atoms with Gasteiger partial charge in [0.05, 0.1) is 16.6 Å². The normalized spacial score (nSPS) is 15.4. The number of nitrogens with zero attached hydrogens (tertiary/aromatic N) is 3. The lowest BCUT2D eigenvalue weighted by Crippen LogP contribution is -2.54. The molecule has 1 aliphatic heterocycles. The van der Waals surface area contributed by atoms with Gasteiger partial charge in [0.25, 0.3) is 0 Å². The third-order valence-corrected chi connectivity index (χ3v) is 7.44. The van der Waals surface area contributed by atoms with Crippen molar-refractivity contribution in [2.75, 3.05) is 45.8 Å². The molecule has 11 heteroatoms. The number of carbonyl (C=O) groups excluding carboxylic acids is 2. The van der Waals surface area contributed by atoms with E-state index in [1.165, 1.54) is 27.4 Å². The predicted octanol–water partition coefficient (Wildman–Crippen LogP) is 1.88. The maximum Gasteiger partial charge on any atom is 0.317 e. The smallest absolute Gasteiger partial charge is 0.317 e. The molecule has 1 aliphatic rings. The number of sulfonamides is 1. The molecule has 0 aromatic heterocycles. The van der Waals surface area contributed by atoms with E-state index in [-0.39, 0.29) is 53.6 Å². The van der Waals surface area contributed by atoms with Crippen LogP contribution in [0.5, 0.6) is 0 Å². The topological polar surface area (TPSA) is 90.0 Å². The second kappa shape index (κ2) is 9.78. The van der Waals surface area contributed by atoms with Crippen molar-refractivity contribution in [2.45, 2.75) is 18.7 Å². The molecule has 0 bridgehead atoms. The highest BCUT2D eigenvalue weighted by Gasteiger charge is 2.32. The Morgan fingerprint density at radius 2 is 1.71 bits per heavy atom. The Labute approximate surface area is 175 Å². The van der Waals surface area contributed by atoms with Crippen LogP contribution >= 0.6 is 23.2 Å². The number of likely N-dealkylation sites (N-methyl/N-ethyl adjacent to an activating group) is 1. The summed E-state index contributed by atoms with van der Waals surface area (Å²) in [5.41, 5.74) is 0. The number of urea groups is 1. The average molecular weight is 451 g/mol. The van der Waals surface area contributed by atoms with Gasteiger partial charge >= 0.3 is 6.03 Å². The molecule has 1 aromatic rings. The lowest BCUT2D eigenvalue weighted by molar-refractivity contribution is -0.129. The monoisotopic (exact) mass is 450 g/mol. The van der Waals surface area contributed by atoms with E-state index in [4.69, 9.17) is 23.2 Å². The van der Waals surface area contributed by atoms with E-state index < -0.39 is 16.1 Å². The summed E-state index contributed by atoms with van der Waals surface area (Å²) in [5, 5.41) is 2.74. The maximum atomic E-state index is 12.8. The molecule has 1 heterocycles. The van der Waals surface area contributed by atoms with Crippen LogP contribution in [0.25, 0.3) is 0 Å². The molecule has 1 N–H and O–H groups in total. The number of piperazine rings is 1. The summed E-state index contributed by atoms with van der Waals surface area (Å²) in [6.45, 7) is 5.49. The van der Waals surface area contributed by atoms with E-state index in [0.717, 1.165) is 0 Å². The van der Waals surface area contributed by atoms with Gasteiger partial charge < -0.3 is 15.1 Å². The second-order valence-electron chi connectivity index (χ2n) is 6.17. The fourth-order valence-electron chi connectivity index (χ4n) is 2.91. The first-order valence-electron chi connectivity index (χ1n) is 8.97. The Balaban J connectivity index is 1.94. The number of halogens is 2. The number of amides is 3. The molecule has 0 aliphatic carbocycles. The van der Waals surface area contributed by atoms with Gasteiger partial charge in [-0.25, -0.2) is 13.2 Å². The first kappa shape index (κ1) is 22.7. The van der Waals surface area contributed by atoms with Crippen LogP contribution in [-0.4, -0.2) is 80.3 Å². The van der Waals surface area contributed by atoms with Crippen molar-refractivity contribution in [3.8, 4) is 0 Å². The lowest BCUT2D eigenvalue weighted by Gasteiger charge is -2.34. The minimum atomic E-state index is -3.81. The fourth-order valence-corrected chi connectivity index (χ4v) is 5.06. The minimum absolute atomic E-state index is 0.0146. The van der Waals surface area contributed by atoms with Crippen molar-refractivity contribution in [1.82, 2.24) is 19.4 Å². The molecule has 2 rings (SSSR count). The SMILES string of the molecule is CCN(CC)C(=O)CNC(=O)N1CCN(S(=O)(=O)c2cccc(Cl)c2Cl)CC1. The third kappa shape index (κ3) is 5.08. The molecule has 0 radical (unpaired) electrons. The van der Waals surface area contributed by atoms with E-state index in [1.54, 1.807) is 4.90 Å². The molecule has 1 fully saturated rings. The van der Waals surface area contributed by atoms with Crippen molar-refractivity contribution in [2.24, 2.45) is 0 Å². The summed E-state index contributed by atoms with van der Waals surface area (Å²) in [6, 6.07) is 4.06. The van der Waals surface area contributed by atoms with Crippen molar-refractivity contribution in [1.29, 1.82) is 0 Å². The van der Waals surface area contributed by atoms with Gasteiger partial charge in [-0.3, -0.25) is 4.79 Å². The summed E-state index contributed by atoms with van der Waals surface area (Å²) in [6.07, 6.45) is 0. The highest BCUT2D eigenvalue weighted by atomic mass is 35.5. The Morgan fingerprint density at radius 1 is 1.11 bits per heavy atom.